The predicted octanol–water partition coefficient (Wildman–Crippen LogP) is 5.98. The van der Waals surface area contributed by atoms with E-state index in [4.69, 9.17) is 4.74 Å². The summed E-state index contributed by atoms with van der Waals surface area (Å²) in [6, 6.07) is 32.4. The van der Waals surface area contributed by atoms with Gasteiger partial charge in [0.2, 0.25) is 11.8 Å². The Bertz CT molecular complexity index is 1840. The number of anilines is 1. The van der Waals surface area contributed by atoms with Crippen molar-refractivity contribution in [3.63, 3.8) is 0 Å². The standard InChI is InChI=1S/C40H43N5O5/c1-40(2,44-39(49)50-26-28-10-4-3-5-11-28)37(47)43-34-23-20-30-12-7-9-15-35(30)45(36(34)46)25-27-16-18-29(19-17-27)33-14-8-6-13-31(33)24-41-38(48)42-32-21-22-32/h3-19,32,34H,20-26H2,1-2H3,(H,43,47)(H,44,49)(H2,41,42,48)/t34-/m1/s1. The summed E-state index contributed by atoms with van der Waals surface area (Å²) in [7, 11) is 0. The zero-order valence-electron chi connectivity index (χ0n) is 28.4. The maximum absolute atomic E-state index is 14.1. The fourth-order valence-corrected chi connectivity index (χ4v) is 5.99. The van der Waals surface area contributed by atoms with Crippen LogP contribution in [0.25, 0.3) is 11.1 Å². The Morgan fingerprint density at radius 1 is 0.800 bits per heavy atom. The van der Waals surface area contributed by atoms with Crippen LogP contribution in [0.3, 0.4) is 0 Å². The molecule has 1 atom stereocenters. The topological polar surface area (TPSA) is 129 Å². The molecule has 1 fully saturated rings. The molecule has 0 unspecified atom stereocenters. The van der Waals surface area contributed by atoms with Crippen molar-refractivity contribution in [3.05, 3.63) is 125 Å². The van der Waals surface area contributed by atoms with Gasteiger partial charge in [-0.3, -0.25) is 9.59 Å². The zero-order chi connectivity index (χ0) is 35.1. The second kappa shape index (κ2) is 15.3. The zero-order valence-corrected chi connectivity index (χ0v) is 28.4. The highest BCUT2D eigenvalue weighted by atomic mass is 16.5. The first-order chi connectivity index (χ1) is 24.2. The molecule has 5 amide bonds. The number of rotatable bonds is 11. The molecule has 1 aliphatic carbocycles. The molecular formula is C40H43N5O5. The summed E-state index contributed by atoms with van der Waals surface area (Å²) < 4.78 is 5.33. The average molecular weight is 674 g/mol. The van der Waals surface area contributed by atoms with E-state index in [-0.39, 0.29) is 24.6 Å². The Morgan fingerprint density at radius 3 is 2.26 bits per heavy atom. The quantitative estimate of drug-likeness (QED) is 0.156. The normalized spacial score (nSPS) is 15.7. The minimum absolute atomic E-state index is 0.0719. The van der Waals surface area contributed by atoms with E-state index in [2.05, 4.69) is 21.3 Å². The highest BCUT2D eigenvalue weighted by Gasteiger charge is 2.36. The van der Waals surface area contributed by atoms with Crippen molar-refractivity contribution in [2.45, 2.75) is 76.8 Å². The van der Waals surface area contributed by atoms with Crippen LogP contribution in [0.15, 0.2) is 103 Å². The molecule has 4 aromatic carbocycles. The SMILES string of the molecule is CC(C)(NC(=O)OCc1ccccc1)C(=O)N[C@@H]1CCc2ccccc2N(Cc2ccc(-c3ccccc3CNC(=O)NC3CC3)cc2)C1=O. The molecule has 0 radical (unpaired) electrons. The molecule has 10 nitrogen and oxygen atoms in total. The molecule has 0 spiro atoms. The highest BCUT2D eigenvalue weighted by molar-refractivity contribution is 6.01. The lowest BCUT2D eigenvalue weighted by Crippen LogP contribution is -2.59. The van der Waals surface area contributed by atoms with Gasteiger partial charge in [-0.1, -0.05) is 97.1 Å². The summed E-state index contributed by atoms with van der Waals surface area (Å²) in [4.78, 5) is 54.2. The van der Waals surface area contributed by atoms with Gasteiger partial charge in [0.05, 0.1) is 6.54 Å². The van der Waals surface area contributed by atoms with Crippen molar-refractivity contribution in [2.75, 3.05) is 4.90 Å². The van der Waals surface area contributed by atoms with Crippen molar-refractivity contribution in [3.8, 4) is 11.1 Å². The lowest BCUT2D eigenvalue weighted by atomic mass is 9.98. The van der Waals surface area contributed by atoms with Gasteiger partial charge in [-0.15, -0.1) is 0 Å². The Balaban J connectivity index is 1.12. The summed E-state index contributed by atoms with van der Waals surface area (Å²) in [6.07, 6.45) is 2.35. The van der Waals surface area contributed by atoms with Crippen LogP contribution in [-0.2, 0) is 40.4 Å². The Hall–Kier alpha value is -5.64. The molecule has 0 bridgehead atoms. The lowest BCUT2D eigenvalue weighted by molar-refractivity contribution is -0.131. The van der Waals surface area contributed by atoms with Gasteiger partial charge in [-0.05, 0) is 79.0 Å². The monoisotopic (exact) mass is 673 g/mol. The number of fused-ring (bicyclic) bond motifs is 1. The van der Waals surface area contributed by atoms with Gasteiger partial charge in [0.1, 0.15) is 18.2 Å². The third kappa shape index (κ3) is 8.68. The van der Waals surface area contributed by atoms with Crippen molar-refractivity contribution in [2.24, 2.45) is 0 Å². The summed E-state index contributed by atoms with van der Waals surface area (Å²) in [5, 5.41) is 11.5. The third-order valence-corrected chi connectivity index (χ3v) is 9.02. The van der Waals surface area contributed by atoms with Crippen LogP contribution in [0.4, 0.5) is 15.3 Å². The average Bonchev–Trinajstić information content (AvgIpc) is 3.96. The molecule has 6 rings (SSSR count). The molecular weight excluding hydrogens is 630 g/mol. The molecule has 4 aromatic rings. The number of para-hydroxylation sites is 1. The van der Waals surface area contributed by atoms with Gasteiger partial charge >= 0.3 is 12.1 Å². The fourth-order valence-electron chi connectivity index (χ4n) is 5.99. The maximum Gasteiger partial charge on any atom is 0.408 e. The van der Waals surface area contributed by atoms with Crippen LogP contribution in [0.1, 0.15) is 55.4 Å². The van der Waals surface area contributed by atoms with E-state index in [1.165, 1.54) is 0 Å². The first-order valence-corrected chi connectivity index (χ1v) is 17.1. The number of carbonyl (C=O) groups excluding carboxylic acids is 4. The Labute approximate surface area is 292 Å². The first kappa shape index (κ1) is 34.2. The molecule has 10 heteroatoms. The third-order valence-electron chi connectivity index (χ3n) is 9.02. The molecule has 1 aliphatic heterocycles. The number of nitrogens with one attached hydrogen (secondary N) is 4. The summed E-state index contributed by atoms with van der Waals surface area (Å²) in [5.41, 5.74) is 5.26. The van der Waals surface area contributed by atoms with E-state index in [0.29, 0.717) is 25.9 Å². The van der Waals surface area contributed by atoms with Gasteiger partial charge < -0.3 is 30.9 Å². The number of ether oxygens (including phenoxy) is 1. The number of benzene rings is 4. The van der Waals surface area contributed by atoms with E-state index in [1.54, 1.807) is 18.7 Å². The van der Waals surface area contributed by atoms with Gasteiger partial charge in [-0.2, -0.15) is 0 Å². The minimum Gasteiger partial charge on any atom is -0.445 e. The van der Waals surface area contributed by atoms with Crippen molar-refractivity contribution in [1.29, 1.82) is 0 Å². The molecule has 0 saturated heterocycles. The van der Waals surface area contributed by atoms with Crippen LogP contribution in [0.2, 0.25) is 0 Å². The summed E-state index contributed by atoms with van der Waals surface area (Å²) >= 11 is 0. The van der Waals surface area contributed by atoms with Crippen molar-refractivity contribution >= 4 is 29.6 Å². The van der Waals surface area contributed by atoms with Crippen LogP contribution >= 0.6 is 0 Å². The molecule has 0 aromatic heterocycles. The lowest BCUT2D eigenvalue weighted by Gasteiger charge is -2.30. The predicted molar refractivity (Wildman–Crippen MR) is 192 cm³/mol. The van der Waals surface area contributed by atoms with Crippen molar-refractivity contribution < 1.29 is 23.9 Å². The van der Waals surface area contributed by atoms with Gasteiger partial charge in [-0.25, -0.2) is 9.59 Å². The van der Waals surface area contributed by atoms with E-state index in [9.17, 15) is 19.2 Å². The molecule has 2 aliphatic rings. The van der Waals surface area contributed by atoms with Crippen LogP contribution in [0, 0.1) is 0 Å². The van der Waals surface area contributed by atoms with Crippen LogP contribution in [0.5, 0.6) is 0 Å². The molecule has 1 heterocycles. The summed E-state index contributed by atoms with van der Waals surface area (Å²) in [5.74, 6) is -0.711. The van der Waals surface area contributed by atoms with E-state index in [1.807, 2.05) is 103 Å². The van der Waals surface area contributed by atoms with E-state index < -0.39 is 23.6 Å². The number of hydrogen-bond acceptors (Lipinski definition) is 5. The fraction of sp³-hybridized carbons (Fsp3) is 0.300. The van der Waals surface area contributed by atoms with Gasteiger partial charge in [0, 0.05) is 18.3 Å². The Kier molecular flexibility index (Phi) is 10.5. The minimum atomic E-state index is -1.33. The van der Waals surface area contributed by atoms with Crippen LogP contribution < -0.4 is 26.2 Å². The number of aryl methyl sites for hydroxylation is 1. The number of nitrogens with zero attached hydrogens (tertiary/aromatic N) is 1. The van der Waals surface area contributed by atoms with E-state index in [0.717, 1.165) is 51.9 Å². The number of amides is 5. The van der Waals surface area contributed by atoms with Gasteiger partial charge in [0.15, 0.2) is 0 Å². The molecule has 50 heavy (non-hydrogen) atoms. The van der Waals surface area contributed by atoms with Crippen molar-refractivity contribution in [1.82, 2.24) is 21.3 Å². The number of urea groups is 1. The smallest absolute Gasteiger partial charge is 0.408 e. The van der Waals surface area contributed by atoms with Gasteiger partial charge in [0.25, 0.3) is 0 Å². The Morgan fingerprint density at radius 2 is 1.50 bits per heavy atom. The maximum atomic E-state index is 14.1. The first-order valence-electron chi connectivity index (χ1n) is 17.1. The molecule has 1 saturated carbocycles. The second-order valence-electron chi connectivity index (χ2n) is 13.4. The number of carbonyl (C=O) groups is 4. The molecule has 258 valence electrons. The number of hydrogen-bond donors (Lipinski definition) is 4. The van der Waals surface area contributed by atoms with Crippen LogP contribution in [-0.4, -0.2) is 41.6 Å². The highest BCUT2D eigenvalue weighted by Crippen LogP contribution is 2.30. The second-order valence-corrected chi connectivity index (χ2v) is 13.4. The van der Waals surface area contributed by atoms with E-state index >= 15 is 0 Å². The largest absolute Gasteiger partial charge is 0.445 e. The molecule has 4 N–H and O–H groups in total. The number of alkyl carbamates (subject to hydrolysis) is 1. The summed E-state index contributed by atoms with van der Waals surface area (Å²) in [6.45, 7) is 3.95.